The van der Waals surface area contributed by atoms with Gasteiger partial charge in [0.05, 0.1) is 6.10 Å². The van der Waals surface area contributed by atoms with E-state index in [1.165, 1.54) is 0 Å². The molecule has 1 aliphatic rings. The monoisotopic (exact) mass is 160 g/mol. The molecule has 2 N–H and O–H groups in total. The molecule has 66 valence electrons. The van der Waals surface area contributed by atoms with Crippen molar-refractivity contribution in [2.45, 2.75) is 38.6 Å². The Bertz CT molecular complexity index is 106. The van der Waals surface area contributed by atoms with E-state index in [0.717, 1.165) is 12.8 Å². The quantitative estimate of drug-likeness (QED) is 0.618. The highest BCUT2D eigenvalue weighted by molar-refractivity contribution is 4.70. The van der Waals surface area contributed by atoms with Gasteiger partial charge in [0.1, 0.15) is 0 Å². The third-order valence-corrected chi connectivity index (χ3v) is 2.07. The van der Waals surface area contributed by atoms with Gasteiger partial charge in [-0.1, -0.05) is 6.92 Å². The smallest absolute Gasteiger partial charge is 0.155 e. The van der Waals surface area contributed by atoms with Gasteiger partial charge in [0, 0.05) is 13.0 Å². The molecule has 0 aromatic carbocycles. The van der Waals surface area contributed by atoms with E-state index in [4.69, 9.17) is 9.84 Å². The van der Waals surface area contributed by atoms with Crippen LogP contribution in [0, 0.1) is 5.92 Å². The van der Waals surface area contributed by atoms with Crippen LogP contribution in [-0.2, 0) is 4.74 Å². The molecule has 3 heteroatoms. The molecule has 1 heterocycles. The minimum absolute atomic E-state index is 0.0544. The molecule has 1 fully saturated rings. The van der Waals surface area contributed by atoms with Crippen LogP contribution in [-0.4, -0.2) is 29.2 Å². The first-order chi connectivity index (χ1) is 5.22. The van der Waals surface area contributed by atoms with E-state index < -0.39 is 6.29 Å². The summed E-state index contributed by atoms with van der Waals surface area (Å²) in [6.45, 7) is 2.24. The summed E-state index contributed by atoms with van der Waals surface area (Å²) >= 11 is 0. The molecule has 0 aromatic heterocycles. The first-order valence-electron chi connectivity index (χ1n) is 4.16. The third-order valence-electron chi connectivity index (χ3n) is 2.07. The Balaban J connectivity index is 2.30. The molecule has 3 nitrogen and oxygen atoms in total. The average molecular weight is 160 g/mol. The van der Waals surface area contributed by atoms with Crippen LogP contribution in [0.5, 0.6) is 0 Å². The molecule has 0 aliphatic carbocycles. The van der Waals surface area contributed by atoms with E-state index in [-0.39, 0.29) is 12.7 Å². The number of aliphatic hydroxyl groups is 2. The van der Waals surface area contributed by atoms with Gasteiger partial charge in [-0.05, 0) is 18.8 Å². The van der Waals surface area contributed by atoms with Crippen molar-refractivity contribution >= 4 is 0 Å². The topological polar surface area (TPSA) is 49.7 Å². The van der Waals surface area contributed by atoms with E-state index in [0.29, 0.717) is 12.3 Å². The Morgan fingerprint density at radius 2 is 2.18 bits per heavy atom. The minimum Gasteiger partial charge on any atom is -0.396 e. The van der Waals surface area contributed by atoms with Gasteiger partial charge in [-0.25, -0.2) is 0 Å². The predicted octanol–water partition coefficient (Wildman–Crippen LogP) is 0.502. The van der Waals surface area contributed by atoms with Crippen molar-refractivity contribution < 1.29 is 14.9 Å². The summed E-state index contributed by atoms with van der Waals surface area (Å²) in [6.07, 6.45) is 1.76. The number of aliphatic hydroxyl groups excluding tert-OH is 2. The largest absolute Gasteiger partial charge is 0.396 e. The van der Waals surface area contributed by atoms with Crippen LogP contribution in [0.15, 0.2) is 0 Å². The van der Waals surface area contributed by atoms with Gasteiger partial charge in [-0.2, -0.15) is 0 Å². The van der Waals surface area contributed by atoms with Crippen LogP contribution in [0.3, 0.4) is 0 Å². The first kappa shape index (κ1) is 8.97. The Labute approximate surface area is 67.0 Å². The zero-order valence-electron chi connectivity index (χ0n) is 6.86. The fourth-order valence-corrected chi connectivity index (χ4v) is 1.55. The molecule has 3 atom stereocenters. The van der Waals surface area contributed by atoms with Crippen molar-refractivity contribution in [1.82, 2.24) is 0 Å². The Morgan fingerprint density at radius 3 is 2.73 bits per heavy atom. The summed E-state index contributed by atoms with van der Waals surface area (Å²) in [5.41, 5.74) is 0. The van der Waals surface area contributed by atoms with Crippen molar-refractivity contribution in [3.8, 4) is 0 Å². The molecule has 0 bridgehead atoms. The fraction of sp³-hybridized carbons (Fsp3) is 1.00. The molecule has 1 unspecified atom stereocenters. The second-order valence-corrected chi connectivity index (χ2v) is 3.30. The third kappa shape index (κ3) is 2.77. The molecular weight excluding hydrogens is 144 g/mol. The van der Waals surface area contributed by atoms with Crippen LogP contribution in [0.4, 0.5) is 0 Å². The SMILES string of the molecule is C[C@H]1CC(O)O[C@@H](CCO)C1. The highest BCUT2D eigenvalue weighted by atomic mass is 16.6. The van der Waals surface area contributed by atoms with Crippen molar-refractivity contribution in [2.75, 3.05) is 6.61 Å². The second kappa shape index (κ2) is 4.04. The van der Waals surface area contributed by atoms with E-state index in [2.05, 4.69) is 6.92 Å². The fourth-order valence-electron chi connectivity index (χ4n) is 1.55. The lowest BCUT2D eigenvalue weighted by Gasteiger charge is -2.30. The second-order valence-electron chi connectivity index (χ2n) is 3.30. The van der Waals surface area contributed by atoms with Crippen LogP contribution in [0.25, 0.3) is 0 Å². The highest BCUT2D eigenvalue weighted by Crippen LogP contribution is 2.24. The van der Waals surface area contributed by atoms with E-state index in [1.807, 2.05) is 0 Å². The van der Waals surface area contributed by atoms with Gasteiger partial charge in [0.15, 0.2) is 6.29 Å². The molecule has 1 rings (SSSR count). The average Bonchev–Trinajstić information content (AvgIpc) is 1.85. The van der Waals surface area contributed by atoms with Crippen molar-refractivity contribution in [3.05, 3.63) is 0 Å². The summed E-state index contributed by atoms with van der Waals surface area (Å²) in [7, 11) is 0. The summed E-state index contributed by atoms with van der Waals surface area (Å²) in [5.74, 6) is 0.510. The summed E-state index contributed by atoms with van der Waals surface area (Å²) in [6, 6.07) is 0. The minimum atomic E-state index is -0.615. The van der Waals surface area contributed by atoms with Crippen LogP contribution >= 0.6 is 0 Å². The van der Waals surface area contributed by atoms with Gasteiger partial charge in [0.2, 0.25) is 0 Å². The Kier molecular flexibility index (Phi) is 3.30. The van der Waals surface area contributed by atoms with E-state index in [1.54, 1.807) is 0 Å². The number of rotatable bonds is 2. The Morgan fingerprint density at radius 1 is 1.45 bits per heavy atom. The van der Waals surface area contributed by atoms with Crippen LogP contribution in [0.1, 0.15) is 26.2 Å². The van der Waals surface area contributed by atoms with Crippen LogP contribution in [0.2, 0.25) is 0 Å². The maximum atomic E-state index is 9.17. The van der Waals surface area contributed by atoms with Crippen molar-refractivity contribution in [2.24, 2.45) is 5.92 Å². The highest BCUT2D eigenvalue weighted by Gasteiger charge is 2.24. The number of hydrogen-bond acceptors (Lipinski definition) is 3. The van der Waals surface area contributed by atoms with Gasteiger partial charge in [-0.3, -0.25) is 0 Å². The lowest BCUT2D eigenvalue weighted by Crippen LogP contribution is -2.32. The normalized spacial score (nSPS) is 39.0. The summed E-state index contributed by atoms with van der Waals surface area (Å²) in [5, 5.41) is 17.8. The maximum absolute atomic E-state index is 9.17. The zero-order valence-corrected chi connectivity index (χ0v) is 6.86. The van der Waals surface area contributed by atoms with Gasteiger partial charge >= 0.3 is 0 Å². The van der Waals surface area contributed by atoms with Gasteiger partial charge in [-0.15, -0.1) is 0 Å². The van der Waals surface area contributed by atoms with Gasteiger partial charge in [0.25, 0.3) is 0 Å². The first-order valence-corrected chi connectivity index (χ1v) is 4.16. The lowest BCUT2D eigenvalue weighted by molar-refractivity contribution is -0.178. The molecule has 11 heavy (non-hydrogen) atoms. The standard InChI is InChI=1S/C8H16O3/c1-6-4-7(2-3-9)11-8(10)5-6/h6-10H,2-5H2,1H3/t6-,7+,8?/m1/s1. The zero-order chi connectivity index (χ0) is 8.27. The van der Waals surface area contributed by atoms with Crippen molar-refractivity contribution in [1.29, 1.82) is 0 Å². The lowest BCUT2D eigenvalue weighted by atomic mass is 9.95. The molecule has 0 spiro atoms. The van der Waals surface area contributed by atoms with Crippen LogP contribution < -0.4 is 0 Å². The summed E-state index contributed by atoms with van der Waals surface area (Å²) in [4.78, 5) is 0. The van der Waals surface area contributed by atoms with E-state index in [9.17, 15) is 5.11 Å². The maximum Gasteiger partial charge on any atom is 0.155 e. The van der Waals surface area contributed by atoms with E-state index >= 15 is 0 Å². The van der Waals surface area contributed by atoms with Crippen molar-refractivity contribution in [3.63, 3.8) is 0 Å². The molecular formula is C8H16O3. The number of hydrogen-bond donors (Lipinski definition) is 2. The molecule has 0 amide bonds. The molecule has 1 saturated heterocycles. The molecule has 0 aromatic rings. The molecule has 0 saturated carbocycles. The summed E-state index contributed by atoms with van der Waals surface area (Å²) < 4.78 is 5.19. The Hall–Kier alpha value is -0.120. The number of ether oxygens (including phenoxy) is 1. The molecule has 0 radical (unpaired) electrons. The molecule has 1 aliphatic heterocycles. The predicted molar refractivity (Wildman–Crippen MR) is 41.0 cm³/mol. The van der Waals surface area contributed by atoms with Gasteiger partial charge < -0.3 is 14.9 Å².